The van der Waals surface area contributed by atoms with E-state index in [1.54, 1.807) is 6.08 Å². The number of hydrogen-bond donors (Lipinski definition) is 1. The van der Waals surface area contributed by atoms with Gasteiger partial charge >= 0.3 is 0 Å². The molecule has 0 fully saturated rings. The average molecular weight is 141 g/mol. The van der Waals surface area contributed by atoms with Crippen LogP contribution in [-0.4, -0.2) is 12.3 Å². The van der Waals surface area contributed by atoms with Crippen LogP contribution in [0.4, 0.5) is 0 Å². The summed E-state index contributed by atoms with van der Waals surface area (Å²) in [5, 5.41) is 0. The zero-order chi connectivity index (χ0) is 7.82. The van der Waals surface area contributed by atoms with Crippen molar-refractivity contribution in [2.45, 2.75) is 26.2 Å². The molecule has 0 saturated heterocycles. The van der Waals surface area contributed by atoms with Crippen molar-refractivity contribution in [1.82, 2.24) is 0 Å². The fourth-order valence-corrected chi connectivity index (χ4v) is 0.609. The van der Waals surface area contributed by atoms with Crippen molar-refractivity contribution in [2.75, 3.05) is 6.54 Å². The summed E-state index contributed by atoms with van der Waals surface area (Å²) in [7, 11) is 0. The third-order valence-corrected chi connectivity index (χ3v) is 1.17. The predicted molar refractivity (Wildman–Crippen MR) is 42.7 cm³/mol. The van der Waals surface area contributed by atoms with Crippen LogP contribution >= 0.6 is 0 Å². The van der Waals surface area contributed by atoms with E-state index in [9.17, 15) is 4.79 Å². The van der Waals surface area contributed by atoms with Gasteiger partial charge in [-0.15, -0.1) is 0 Å². The van der Waals surface area contributed by atoms with Gasteiger partial charge in [-0.3, -0.25) is 4.79 Å². The summed E-state index contributed by atoms with van der Waals surface area (Å²) in [5.41, 5.74) is 5.23. The lowest BCUT2D eigenvalue weighted by Crippen LogP contribution is -2.01. The van der Waals surface area contributed by atoms with E-state index >= 15 is 0 Å². The minimum Gasteiger partial charge on any atom is -0.330 e. The van der Waals surface area contributed by atoms with Crippen LogP contribution in [0.15, 0.2) is 12.2 Å². The molecule has 0 unspecified atom stereocenters. The van der Waals surface area contributed by atoms with Gasteiger partial charge in [0.05, 0.1) is 0 Å². The topological polar surface area (TPSA) is 43.1 Å². The van der Waals surface area contributed by atoms with Crippen LogP contribution in [-0.2, 0) is 4.79 Å². The zero-order valence-corrected chi connectivity index (χ0v) is 6.47. The molecule has 2 N–H and O–H groups in total. The molecule has 0 rings (SSSR count). The lowest BCUT2D eigenvalue weighted by Gasteiger charge is -1.90. The number of allylic oxidation sites excluding steroid dienone is 2. The van der Waals surface area contributed by atoms with Crippen LogP contribution in [0.5, 0.6) is 0 Å². The van der Waals surface area contributed by atoms with Crippen molar-refractivity contribution in [3.05, 3.63) is 12.2 Å². The molecular formula is C8H15NO. The van der Waals surface area contributed by atoms with Gasteiger partial charge in [0, 0.05) is 6.42 Å². The van der Waals surface area contributed by atoms with Crippen LogP contribution in [0.1, 0.15) is 26.2 Å². The molecule has 0 aromatic rings. The molecule has 0 heterocycles. The highest BCUT2D eigenvalue weighted by Gasteiger charge is 1.92. The molecule has 0 atom stereocenters. The zero-order valence-electron chi connectivity index (χ0n) is 6.47. The number of rotatable bonds is 5. The van der Waals surface area contributed by atoms with Crippen molar-refractivity contribution in [3.8, 4) is 0 Å². The third-order valence-electron chi connectivity index (χ3n) is 1.17. The van der Waals surface area contributed by atoms with E-state index in [2.05, 4.69) is 0 Å². The van der Waals surface area contributed by atoms with Gasteiger partial charge in [0.15, 0.2) is 5.78 Å². The first-order valence-corrected chi connectivity index (χ1v) is 3.70. The first-order valence-electron chi connectivity index (χ1n) is 3.70. The van der Waals surface area contributed by atoms with E-state index in [0.717, 1.165) is 12.8 Å². The first kappa shape index (κ1) is 9.37. The molecule has 0 aliphatic rings. The molecular weight excluding hydrogens is 126 g/mol. The van der Waals surface area contributed by atoms with Gasteiger partial charge in [-0.1, -0.05) is 13.0 Å². The molecule has 2 nitrogen and oxygen atoms in total. The highest BCUT2D eigenvalue weighted by Crippen LogP contribution is 1.91. The number of ketones is 1. The molecule has 0 amide bonds. The van der Waals surface area contributed by atoms with E-state index in [1.807, 2.05) is 13.0 Å². The Morgan fingerprint density at radius 2 is 2.30 bits per heavy atom. The van der Waals surface area contributed by atoms with Crippen molar-refractivity contribution in [3.63, 3.8) is 0 Å². The summed E-state index contributed by atoms with van der Waals surface area (Å²) in [6, 6.07) is 0. The molecule has 0 spiro atoms. The van der Waals surface area contributed by atoms with Gasteiger partial charge < -0.3 is 5.73 Å². The number of hydrogen-bond acceptors (Lipinski definition) is 2. The van der Waals surface area contributed by atoms with Gasteiger partial charge in [-0.25, -0.2) is 0 Å². The summed E-state index contributed by atoms with van der Waals surface area (Å²) >= 11 is 0. The summed E-state index contributed by atoms with van der Waals surface area (Å²) in [5.74, 6) is 0.187. The molecule has 0 aromatic carbocycles. The standard InChI is InChI=1S/C8H15NO/c1-2-3-5-8(10)6-4-7-9/h3,5H,2,4,6-7,9H2,1H3/b5-3+. The minimum atomic E-state index is 0.187. The summed E-state index contributed by atoms with van der Waals surface area (Å²) in [6.45, 7) is 2.61. The fraction of sp³-hybridized carbons (Fsp3) is 0.625. The van der Waals surface area contributed by atoms with Crippen LogP contribution in [0, 0.1) is 0 Å². The summed E-state index contributed by atoms with van der Waals surface area (Å²) in [4.78, 5) is 10.8. The normalized spacial score (nSPS) is 10.6. The Morgan fingerprint density at radius 1 is 1.60 bits per heavy atom. The molecule has 10 heavy (non-hydrogen) atoms. The molecule has 0 bridgehead atoms. The maximum atomic E-state index is 10.8. The van der Waals surface area contributed by atoms with Crippen LogP contribution in [0.2, 0.25) is 0 Å². The third kappa shape index (κ3) is 5.51. The Labute approximate surface area is 62.1 Å². The molecule has 0 aliphatic heterocycles. The van der Waals surface area contributed by atoms with Crippen molar-refractivity contribution in [1.29, 1.82) is 0 Å². The Morgan fingerprint density at radius 3 is 2.80 bits per heavy atom. The van der Waals surface area contributed by atoms with Crippen LogP contribution in [0.3, 0.4) is 0 Å². The lowest BCUT2D eigenvalue weighted by molar-refractivity contribution is -0.114. The number of nitrogens with two attached hydrogens (primary N) is 1. The maximum absolute atomic E-state index is 10.8. The van der Waals surface area contributed by atoms with Gasteiger partial charge in [-0.05, 0) is 25.5 Å². The summed E-state index contributed by atoms with van der Waals surface area (Å²) < 4.78 is 0. The van der Waals surface area contributed by atoms with Crippen molar-refractivity contribution in [2.24, 2.45) is 5.73 Å². The first-order chi connectivity index (χ1) is 4.81. The van der Waals surface area contributed by atoms with Gasteiger partial charge in [-0.2, -0.15) is 0 Å². The SMILES string of the molecule is CC/C=C/C(=O)CCCN. The van der Waals surface area contributed by atoms with E-state index in [4.69, 9.17) is 5.73 Å². The van der Waals surface area contributed by atoms with Gasteiger partial charge in [0.1, 0.15) is 0 Å². The van der Waals surface area contributed by atoms with Crippen molar-refractivity contribution < 1.29 is 4.79 Å². The van der Waals surface area contributed by atoms with E-state index in [1.165, 1.54) is 0 Å². The molecule has 58 valence electrons. The van der Waals surface area contributed by atoms with Gasteiger partial charge in [0.2, 0.25) is 0 Å². The molecule has 2 heteroatoms. The number of carbonyl (C=O) groups excluding carboxylic acids is 1. The van der Waals surface area contributed by atoms with Gasteiger partial charge in [0.25, 0.3) is 0 Å². The van der Waals surface area contributed by atoms with E-state index < -0.39 is 0 Å². The Hall–Kier alpha value is -0.630. The second kappa shape index (κ2) is 6.49. The van der Waals surface area contributed by atoms with E-state index in [-0.39, 0.29) is 5.78 Å². The second-order valence-electron chi connectivity index (χ2n) is 2.17. The largest absolute Gasteiger partial charge is 0.330 e. The van der Waals surface area contributed by atoms with E-state index in [0.29, 0.717) is 13.0 Å². The Bertz CT molecular complexity index is 118. The molecule has 0 aliphatic carbocycles. The Kier molecular flexibility index (Phi) is 6.08. The van der Waals surface area contributed by atoms with Crippen LogP contribution in [0.25, 0.3) is 0 Å². The lowest BCUT2D eigenvalue weighted by atomic mass is 10.2. The highest BCUT2D eigenvalue weighted by molar-refractivity contribution is 5.89. The minimum absolute atomic E-state index is 0.187. The predicted octanol–water partition coefficient (Wildman–Crippen LogP) is 1.26. The highest BCUT2D eigenvalue weighted by atomic mass is 16.1. The number of carbonyl (C=O) groups is 1. The average Bonchev–Trinajstić information content (AvgIpc) is 1.97. The second-order valence-corrected chi connectivity index (χ2v) is 2.17. The smallest absolute Gasteiger partial charge is 0.155 e. The Balaban J connectivity index is 3.34. The van der Waals surface area contributed by atoms with Crippen LogP contribution < -0.4 is 5.73 Å². The molecule has 0 radical (unpaired) electrons. The summed E-state index contributed by atoms with van der Waals surface area (Å²) in [6.07, 6.45) is 5.82. The molecule has 0 aromatic heterocycles. The maximum Gasteiger partial charge on any atom is 0.155 e. The van der Waals surface area contributed by atoms with Crippen molar-refractivity contribution >= 4 is 5.78 Å². The molecule has 0 saturated carbocycles. The quantitative estimate of drug-likeness (QED) is 0.586. The fourth-order valence-electron chi connectivity index (χ4n) is 0.609. The monoisotopic (exact) mass is 141 g/mol.